The summed E-state index contributed by atoms with van der Waals surface area (Å²) >= 11 is 0. The molecule has 3 rings (SSSR count). The van der Waals surface area contributed by atoms with Crippen LogP contribution in [0.4, 0.5) is 0 Å². The Bertz CT molecular complexity index is 907. The molecule has 2 aliphatic rings. The fraction of sp³-hybridized carbons (Fsp3) is 0.667. The number of hydrogen-bond acceptors (Lipinski definition) is 6. The summed E-state index contributed by atoms with van der Waals surface area (Å²) < 4.78 is 16.3. The van der Waals surface area contributed by atoms with Crippen molar-refractivity contribution in [3.8, 4) is 0 Å². The molecule has 8 nitrogen and oxygen atoms in total. The Hall–Kier alpha value is -2.61. The number of allylic oxidation sites excluding steroid dienone is 1. The molecule has 2 heterocycles. The molecule has 1 N–H and O–H groups in total. The van der Waals surface area contributed by atoms with Crippen LogP contribution in [0.15, 0.2) is 34.6 Å². The second-order valence-electron chi connectivity index (χ2n) is 10.5. The van der Waals surface area contributed by atoms with Crippen LogP contribution >= 0.6 is 0 Å². The van der Waals surface area contributed by atoms with Gasteiger partial charge in [-0.3, -0.25) is 14.4 Å². The molecule has 0 spiro atoms. The number of likely N-dealkylation sites (tertiary alicyclic amines) is 1. The Morgan fingerprint density at radius 1 is 1.26 bits per heavy atom. The lowest BCUT2D eigenvalue weighted by molar-refractivity contribution is -0.162. The number of carbonyl (C=O) groups excluding carboxylic acids is 3. The first-order valence-electron chi connectivity index (χ1n) is 12.7. The Morgan fingerprint density at radius 3 is 2.71 bits per heavy atom. The van der Waals surface area contributed by atoms with Crippen LogP contribution in [0.25, 0.3) is 0 Å². The summed E-state index contributed by atoms with van der Waals surface area (Å²) in [6.45, 7) is 8.36. The first kappa shape index (κ1) is 27.0. The summed E-state index contributed by atoms with van der Waals surface area (Å²) in [5.74, 6) is -0.725. The Balaban J connectivity index is 1.76. The maximum absolute atomic E-state index is 13.6. The number of nitrogens with one attached hydrogen (secondary N) is 1. The van der Waals surface area contributed by atoms with Crippen LogP contribution in [0.3, 0.4) is 0 Å². The molecule has 1 aliphatic carbocycles. The average molecular weight is 489 g/mol. The molecule has 2 amide bonds. The van der Waals surface area contributed by atoms with E-state index < -0.39 is 11.3 Å². The van der Waals surface area contributed by atoms with Crippen LogP contribution in [-0.4, -0.2) is 49.6 Å². The molecule has 0 aromatic carbocycles. The summed E-state index contributed by atoms with van der Waals surface area (Å²) in [7, 11) is 1.38. The number of fused-ring (bicyclic) bond motifs is 1. The van der Waals surface area contributed by atoms with Crippen molar-refractivity contribution in [2.45, 2.75) is 72.3 Å². The summed E-state index contributed by atoms with van der Waals surface area (Å²) in [5.41, 5.74) is -0.445. The number of nitrogens with zero attached hydrogens (tertiary/aromatic N) is 1. The lowest BCUT2D eigenvalue weighted by atomic mass is 9.59. The van der Waals surface area contributed by atoms with Crippen molar-refractivity contribution in [1.29, 1.82) is 0 Å². The van der Waals surface area contributed by atoms with Gasteiger partial charge in [-0.25, -0.2) is 0 Å². The first-order valence-corrected chi connectivity index (χ1v) is 12.7. The highest BCUT2D eigenvalue weighted by Gasteiger charge is 2.57. The minimum atomic E-state index is -0.977. The van der Waals surface area contributed by atoms with Gasteiger partial charge in [-0.2, -0.15) is 0 Å². The zero-order chi connectivity index (χ0) is 25.5. The third kappa shape index (κ3) is 6.54. The van der Waals surface area contributed by atoms with Crippen molar-refractivity contribution in [3.63, 3.8) is 0 Å². The van der Waals surface area contributed by atoms with Gasteiger partial charge in [0.2, 0.25) is 11.8 Å². The van der Waals surface area contributed by atoms with Crippen molar-refractivity contribution in [2.75, 3.05) is 26.9 Å². The monoisotopic (exact) mass is 488 g/mol. The molecule has 1 saturated heterocycles. The molecule has 1 fully saturated rings. The second-order valence-corrected chi connectivity index (χ2v) is 10.5. The predicted molar refractivity (Wildman–Crippen MR) is 131 cm³/mol. The van der Waals surface area contributed by atoms with Crippen LogP contribution in [0, 0.1) is 16.7 Å². The maximum Gasteiger partial charge on any atom is 0.317 e. The molecule has 0 saturated carbocycles. The summed E-state index contributed by atoms with van der Waals surface area (Å²) in [6, 6.07) is 3.58. The number of rotatable bonds is 12. The smallest absolute Gasteiger partial charge is 0.317 e. The number of furan rings is 1. The molecule has 194 valence electrons. The highest BCUT2D eigenvalue weighted by Crippen LogP contribution is 2.55. The van der Waals surface area contributed by atoms with E-state index >= 15 is 0 Å². The predicted octanol–water partition coefficient (Wildman–Crippen LogP) is 4.20. The van der Waals surface area contributed by atoms with E-state index in [1.807, 2.05) is 6.08 Å². The fourth-order valence-electron chi connectivity index (χ4n) is 5.32. The van der Waals surface area contributed by atoms with Gasteiger partial charge in [-0.05, 0) is 49.7 Å². The van der Waals surface area contributed by atoms with Crippen molar-refractivity contribution >= 4 is 17.8 Å². The SMILES string of the molecule is CCCCOCCCNC(=O)C[C@@H]1C[C@@]2(C(=O)OC)CC(C)(C)CC=C2N(Cc2ccco2)C1=O. The average Bonchev–Trinajstić information content (AvgIpc) is 3.33. The Labute approximate surface area is 208 Å². The normalized spacial score (nSPS) is 23.4. The number of carbonyl (C=O) groups is 3. The minimum Gasteiger partial charge on any atom is -0.468 e. The molecule has 35 heavy (non-hydrogen) atoms. The van der Waals surface area contributed by atoms with Crippen molar-refractivity contribution in [3.05, 3.63) is 35.9 Å². The molecule has 1 aromatic heterocycles. The van der Waals surface area contributed by atoms with Gasteiger partial charge in [0.05, 0.1) is 19.9 Å². The minimum absolute atomic E-state index is 0.0244. The number of methoxy groups -OCH3 is 1. The van der Waals surface area contributed by atoms with E-state index in [0.717, 1.165) is 25.9 Å². The van der Waals surface area contributed by atoms with Crippen LogP contribution < -0.4 is 5.32 Å². The first-order chi connectivity index (χ1) is 16.7. The molecule has 1 aliphatic heterocycles. The standard InChI is InChI=1S/C27H40N2O6/c1-5-6-13-34-14-8-12-28-23(30)16-20-17-27(25(32)33-4)19-26(2,3)11-10-22(27)29(24(20)31)18-21-9-7-15-35-21/h7,9-10,15,20H,5-6,8,11-14,16-19H2,1-4H3,(H,28,30)/t20-,27-/m1/s1. The third-order valence-electron chi connectivity index (χ3n) is 6.95. The van der Waals surface area contributed by atoms with Gasteiger partial charge in [0.1, 0.15) is 11.2 Å². The molecule has 0 bridgehead atoms. The number of amides is 2. The molecular weight excluding hydrogens is 448 g/mol. The molecule has 0 radical (unpaired) electrons. The van der Waals surface area contributed by atoms with Crippen molar-refractivity contribution < 1.29 is 28.3 Å². The fourth-order valence-corrected chi connectivity index (χ4v) is 5.32. The van der Waals surface area contributed by atoms with Crippen LogP contribution in [0.2, 0.25) is 0 Å². The van der Waals surface area contributed by atoms with E-state index in [-0.39, 0.29) is 42.6 Å². The van der Waals surface area contributed by atoms with Gasteiger partial charge in [0.25, 0.3) is 0 Å². The van der Waals surface area contributed by atoms with Gasteiger partial charge in [-0.1, -0.05) is 33.3 Å². The van der Waals surface area contributed by atoms with E-state index in [2.05, 4.69) is 26.1 Å². The number of piperidine rings is 1. The number of ether oxygens (including phenoxy) is 2. The van der Waals surface area contributed by atoms with Gasteiger partial charge in [-0.15, -0.1) is 0 Å². The summed E-state index contributed by atoms with van der Waals surface area (Å²) in [5, 5.41) is 2.91. The van der Waals surface area contributed by atoms with Gasteiger partial charge in [0, 0.05) is 37.8 Å². The Kier molecular flexibility index (Phi) is 9.16. The highest BCUT2D eigenvalue weighted by atomic mass is 16.5. The second kappa shape index (κ2) is 11.9. The van der Waals surface area contributed by atoms with Gasteiger partial charge >= 0.3 is 5.97 Å². The van der Waals surface area contributed by atoms with Crippen LogP contribution in [-0.2, 0) is 30.4 Å². The van der Waals surface area contributed by atoms with E-state index in [1.165, 1.54) is 7.11 Å². The summed E-state index contributed by atoms with van der Waals surface area (Å²) in [4.78, 5) is 41.3. The van der Waals surface area contributed by atoms with Crippen LogP contribution in [0.1, 0.15) is 71.5 Å². The number of unbranched alkanes of at least 4 members (excludes halogenated alkanes) is 1. The largest absolute Gasteiger partial charge is 0.468 e. The van der Waals surface area contributed by atoms with Gasteiger partial charge < -0.3 is 24.1 Å². The zero-order valence-corrected chi connectivity index (χ0v) is 21.6. The van der Waals surface area contributed by atoms with Crippen molar-refractivity contribution in [2.24, 2.45) is 16.7 Å². The van der Waals surface area contributed by atoms with E-state index in [0.29, 0.717) is 37.5 Å². The van der Waals surface area contributed by atoms with E-state index in [4.69, 9.17) is 13.9 Å². The quantitative estimate of drug-likeness (QED) is 0.350. The highest BCUT2D eigenvalue weighted by molar-refractivity contribution is 5.92. The molecule has 2 atom stereocenters. The summed E-state index contributed by atoms with van der Waals surface area (Å²) in [6.07, 6.45) is 7.97. The lowest BCUT2D eigenvalue weighted by Gasteiger charge is -2.51. The molecular formula is C27H40N2O6. The van der Waals surface area contributed by atoms with Crippen molar-refractivity contribution in [1.82, 2.24) is 10.2 Å². The topological polar surface area (TPSA) is 98.1 Å². The molecule has 8 heteroatoms. The Morgan fingerprint density at radius 2 is 2.03 bits per heavy atom. The zero-order valence-electron chi connectivity index (χ0n) is 21.6. The number of hydrogen-bond donors (Lipinski definition) is 1. The molecule has 0 unspecified atom stereocenters. The maximum atomic E-state index is 13.6. The van der Waals surface area contributed by atoms with E-state index in [9.17, 15) is 14.4 Å². The lowest BCUT2D eigenvalue weighted by Crippen LogP contribution is -2.55. The number of esters is 1. The van der Waals surface area contributed by atoms with Crippen LogP contribution in [0.5, 0.6) is 0 Å². The van der Waals surface area contributed by atoms with E-state index in [1.54, 1.807) is 23.3 Å². The molecule has 1 aromatic rings. The van der Waals surface area contributed by atoms with Gasteiger partial charge in [0.15, 0.2) is 0 Å². The third-order valence-corrected chi connectivity index (χ3v) is 6.95.